The molecule has 10 atom stereocenters. The molecule has 1 fully saturated rings. The number of hydrogen-bond acceptors (Lipinski definition) is 20. The summed E-state index contributed by atoms with van der Waals surface area (Å²) in [7, 11) is 0. The van der Waals surface area contributed by atoms with E-state index in [4.69, 9.17) is 29.4 Å². The van der Waals surface area contributed by atoms with Crippen molar-refractivity contribution < 1.29 is 70.1 Å². The third kappa shape index (κ3) is 9.25. The highest BCUT2D eigenvalue weighted by Gasteiger charge is 2.48. The maximum atomic E-state index is 11.5. The number of nitrogens with zero attached hydrogens (tertiary/aromatic N) is 4. The summed E-state index contributed by atoms with van der Waals surface area (Å²) >= 11 is 1.41. The molecule has 0 aromatic carbocycles. The van der Waals surface area contributed by atoms with E-state index in [0.717, 1.165) is 31.7 Å². The van der Waals surface area contributed by atoms with Crippen LogP contribution in [0.25, 0.3) is 0 Å². The zero-order chi connectivity index (χ0) is 31.0. The smallest absolute Gasteiger partial charge is 0.319 e. The van der Waals surface area contributed by atoms with E-state index < -0.39 is 78.8 Å². The normalized spacial score (nSPS) is 26.8. The van der Waals surface area contributed by atoms with Crippen molar-refractivity contribution in [2.75, 3.05) is 13.2 Å². The molecule has 42 heavy (non-hydrogen) atoms. The van der Waals surface area contributed by atoms with Gasteiger partial charge >= 0.3 is 16.2 Å². The maximum absolute atomic E-state index is 11.5. The lowest BCUT2D eigenvalue weighted by molar-refractivity contribution is -0.991. The van der Waals surface area contributed by atoms with Gasteiger partial charge < -0.3 is 54.9 Å². The number of carbonyl (C=O) groups is 1. The number of aliphatic hydroxyl groups is 5. The number of thiazole rings is 2. The van der Waals surface area contributed by atoms with E-state index in [9.17, 15) is 40.7 Å². The maximum Gasteiger partial charge on any atom is 0.319 e. The van der Waals surface area contributed by atoms with Crippen LogP contribution in [0.4, 0.5) is 20.3 Å². The monoisotopic (exact) mass is 640 g/mol. The summed E-state index contributed by atoms with van der Waals surface area (Å²) in [5.74, 6) is -0.858. The SMILES string of the molecule is CC(=O)O[C@H]1[C@@H](O)[C@H](CO)O[C@H](O[C@@H](C=Nc2cnc([NH+]([O-])O)s2)[C@@H](CO)O[C@H](O)C=Nc2cnc([NH+]([O-])O)s2)[C@@H]1O. The quantitative estimate of drug-likeness (QED) is 0.0411. The number of esters is 1. The van der Waals surface area contributed by atoms with Gasteiger partial charge in [0.15, 0.2) is 18.7 Å². The number of carbonyl (C=O) groups excluding carboxylic acids is 1. The molecule has 9 N–H and O–H groups in total. The number of quaternary nitrogens is 2. The van der Waals surface area contributed by atoms with Gasteiger partial charge in [-0.3, -0.25) is 4.79 Å². The lowest BCUT2D eigenvalue weighted by Gasteiger charge is -2.42. The second-order valence-corrected chi connectivity index (χ2v) is 10.3. The second-order valence-electron chi connectivity index (χ2n) is 8.30. The van der Waals surface area contributed by atoms with Gasteiger partial charge in [0.25, 0.3) is 0 Å². The summed E-state index contributed by atoms with van der Waals surface area (Å²) in [4.78, 5) is 26.8. The summed E-state index contributed by atoms with van der Waals surface area (Å²) in [6.07, 6.45) is -8.70. The van der Waals surface area contributed by atoms with Crippen LogP contribution in [0.2, 0.25) is 0 Å². The average molecular weight is 641 g/mol. The number of aromatic nitrogens is 2. The Morgan fingerprint density at radius 1 is 1.10 bits per heavy atom. The van der Waals surface area contributed by atoms with Gasteiger partial charge in [-0.25, -0.2) is 20.4 Å². The van der Waals surface area contributed by atoms with Crippen molar-refractivity contribution in [3.63, 3.8) is 0 Å². The summed E-state index contributed by atoms with van der Waals surface area (Å²) in [6, 6.07) is 0. The summed E-state index contributed by atoms with van der Waals surface area (Å²) in [5, 5.41) is 88.4. The van der Waals surface area contributed by atoms with E-state index in [2.05, 4.69) is 20.0 Å². The molecule has 0 bridgehead atoms. The minimum Gasteiger partial charge on any atom is -0.593 e. The van der Waals surface area contributed by atoms with Crippen LogP contribution in [0.5, 0.6) is 0 Å². The highest BCUT2D eigenvalue weighted by Crippen LogP contribution is 2.28. The van der Waals surface area contributed by atoms with Crippen molar-refractivity contribution in [3.05, 3.63) is 22.8 Å². The van der Waals surface area contributed by atoms with Crippen LogP contribution in [0.15, 0.2) is 22.4 Å². The van der Waals surface area contributed by atoms with Crippen LogP contribution >= 0.6 is 22.7 Å². The molecule has 1 aliphatic heterocycles. The van der Waals surface area contributed by atoms with Crippen LogP contribution in [0, 0.1) is 10.4 Å². The molecule has 2 aromatic rings. The van der Waals surface area contributed by atoms with Crippen LogP contribution < -0.4 is 10.5 Å². The van der Waals surface area contributed by atoms with E-state index in [0.29, 0.717) is 22.7 Å². The Hall–Kier alpha value is -2.49. The Balaban J connectivity index is 1.84. The first-order valence-electron chi connectivity index (χ1n) is 11.8. The standard InChI is InChI=1S/C20H28N6O14S2/c1-8(29)37-17-15(31)11(7-28)40-18(16(17)32)39-9(2-21-12-3-23-19(41-12)25(33)34)10(6-27)38-14(30)5-22-13-4-24-20(42-13)26(35)36/h2-5,9-11,14-18,25-28,30-33,35H,6-7H2,1H3/t9-,10+,11-,14-,15-,16+,17-,18-/m0/s1. The Morgan fingerprint density at radius 3 is 2.14 bits per heavy atom. The first-order valence-corrected chi connectivity index (χ1v) is 13.4. The molecular weight excluding hydrogens is 612 g/mol. The van der Waals surface area contributed by atoms with Crippen molar-refractivity contribution in [3.8, 4) is 0 Å². The second kappa shape index (κ2) is 15.8. The molecule has 0 spiro atoms. The molecule has 0 aliphatic carbocycles. The zero-order valence-corrected chi connectivity index (χ0v) is 23.1. The van der Waals surface area contributed by atoms with Gasteiger partial charge in [0.2, 0.25) is 0 Å². The molecule has 2 aromatic heterocycles. The van der Waals surface area contributed by atoms with Crippen molar-refractivity contribution in [2.45, 2.75) is 56.1 Å². The third-order valence-corrected chi connectivity index (χ3v) is 7.09. The van der Waals surface area contributed by atoms with Gasteiger partial charge in [-0.1, -0.05) is 0 Å². The average Bonchev–Trinajstić information content (AvgIpc) is 3.62. The number of aliphatic imine (C=N–C) groups is 2. The van der Waals surface area contributed by atoms with Gasteiger partial charge in [-0.05, 0) is 22.7 Å². The van der Waals surface area contributed by atoms with Crippen LogP contribution in [0.3, 0.4) is 0 Å². The lowest BCUT2D eigenvalue weighted by Crippen LogP contribution is -2.99. The molecule has 234 valence electrons. The summed E-state index contributed by atoms with van der Waals surface area (Å²) in [5.41, 5.74) is 0. The zero-order valence-electron chi connectivity index (χ0n) is 21.4. The van der Waals surface area contributed by atoms with Gasteiger partial charge in [0.1, 0.15) is 40.5 Å². The molecule has 1 saturated heterocycles. The number of aliphatic hydroxyl groups excluding tert-OH is 5. The molecule has 22 heteroatoms. The number of hydrogen-bond donors (Lipinski definition) is 9. The minimum absolute atomic E-state index is 0.0887. The van der Waals surface area contributed by atoms with Crippen LogP contribution in [-0.2, 0) is 23.7 Å². The van der Waals surface area contributed by atoms with Crippen molar-refractivity contribution in [1.82, 2.24) is 9.97 Å². The van der Waals surface area contributed by atoms with E-state index in [1.807, 2.05) is 0 Å². The lowest BCUT2D eigenvalue weighted by atomic mass is 9.99. The molecule has 2 unspecified atom stereocenters. The fourth-order valence-corrected chi connectivity index (χ4v) is 4.66. The van der Waals surface area contributed by atoms with Gasteiger partial charge in [-0.15, -0.1) is 0 Å². The minimum atomic E-state index is -1.81. The van der Waals surface area contributed by atoms with Crippen molar-refractivity contribution in [1.29, 1.82) is 0 Å². The van der Waals surface area contributed by atoms with E-state index in [1.165, 1.54) is 0 Å². The predicted octanol–water partition coefficient (Wildman–Crippen LogP) is -4.04. The third-order valence-electron chi connectivity index (χ3n) is 5.31. The fraction of sp³-hybridized carbons (Fsp3) is 0.550. The molecule has 0 saturated carbocycles. The molecular formula is C20H28N6O14S2. The van der Waals surface area contributed by atoms with Gasteiger partial charge in [0.05, 0.1) is 31.8 Å². The van der Waals surface area contributed by atoms with Gasteiger partial charge in [0, 0.05) is 13.1 Å². The first kappa shape index (κ1) is 34.0. The molecule has 3 rings (SSSR count). The number of nitrogens with one attached hydrogen (secondary N) is 2. The summed E-state index contributed by atoms with van der Waals surface area (Å²) < 4.78 is 21.5. The Bertz CT molecular complexity index is 1200. The van der Waals surface area contributed by atoms with Gasteiger partial charge in [-0.2, -0.15) is 20.4 Å². The molecule has 0 amide bonds. The first-order chi connectivity index (χ1) is 19.9. The highest BCUT2D eigenvalue weighted by atomic mass is 32.1. The Labute approximate surface area is 243 Å². The predicted molar refractivity (Wildman–Crippen MR) is 138 cm³/mol. The van der Waals surface area contributed by atoms with Crippen LogP contribution in [-0.4, -0.2) is 127 Å². The van der Waals surface area contributed by atoms with E-state index >= 15 is 0 Å². The Morgan fingerprint density at radius 2 is 1.67 bits per heavy atom. The largest absolute Gasteiger partial charge is 0.593 e. The molecule has 1 aliphatic rings. The fourth-order valence-electron chi connectivity index (χ4n) is 3.44. The van der Waals surface area contributed by atoms with Crippen LogP contribution in [0.1, 0.15) is 6.92 Å². The highest BCUT2D eigenvalue weighted by molar-refractivity contribution is 7.18. The topological polar surface area (TPSA) is 301 Å². The van der Waals surface area contributed by atoms with Crippen molar-refractivity contribution in [2.24, 2.45) is 9.98 Å². The summed E-state index contributed by atoms with van der Waals surface area (Å²) in [6.45, 7) is -0.572. The number of ether oxygens (including phenoxy) is 4. The Kier molecular flexibility index (Phi) is 12.8. The molecule has 3 heterocycles. The number of rotatable bonds is 14. The van der Waals surface area contributed by atoms with E-state index in [-0.39, 0.29) is 20.3 Å². The van der Waals surface area contributed by atoms with Crippen molar-refractivity contribution >= 4 is 61.3 Å². The molecule has 0 radical (unpaired) electrons. The molecule has 20 nitrogen and oxygen atoms in total. The van der Waals surface area contributed by atoms with E-state index in [1.54, 1.807) is 0 Å².